The van der Waals surface area contributed by atoms with Crippen molar-refractivity contribution in [1.29, 1.82) is 0 Å². The average Bonchev–Trinajstić information content (AvgIpc) is 3.48. The Morgan fingerprint density at radius 3 is 2.32 bits per heavy atom. The van der Waals surface area contributed by atoms with E-state index < -0.39 is 23.1 Å². The highest BCUT2D eigenvalue weighted by atomic mass is 35.5. The standard InChI is InChI=1S/C31H20ClN3O5S/c1-34-28-23(29(37)35(2)31(34)39)21(22-25(33-28)17-7-3-4-8-18(17)26(22)36)15-11-13-16(14-12-15)40-30(38)27-24(32)19-9-5-6-10-20(19)41-27/h3-14,21,33H,1-2H3/t21-/m0/s1. The third-order valence-electron chi connectivity index (χ3n) is 7.62. The fourth-order valence-electron chi connectivity index (χ4n) is 5.62. The lowest BCUT2D eigenvalue weighted by Gasteiger charge is -2.29. The first-order valence-electron chi connectivity index (χ1n) is 12.7. The molecule has 0 saturated heterocycles. The van der Waals surface area contributed by atoms with Crippen LogP contribution in [0.3, 0.4) is 0 Å². The van der Waals surface area contributed by atoms with E-state index in [1.807, 2.05) is 36.4 Å². The highest BCUT2D eigenvalue weighted by Gasteiger charge is 2.42. The Balaban J connectivity index is 1.31. The molecule has 0 fully saturated rings. The molecule has 7 rings (SSSR count). The van der Waals surface area contributed by atoms with E-state index in [2.05, 4.69) is 5.32 Å². The van der Waals surface area contributed by atoms with Gasteiger partial charge in [0.2, 0.25) is 0 Å². The quantitative estimate of drug-likeness (QED) is 0.228. The van der Waals surface area contributed by atoms with E-state index >= 15 is 0 Å². The molecule has 0 radical (unpaired) electrons. The van der Waals surface area contributed by atoms with Crippen LogP contribution in [0.5, 0.6) is 5.75 Å². The average molecular weight is 582 g/mol. The number of Topliss-reactive ketones (excluding diaryl/α,β-unsaturated/α-hetero) is 1. The van der Waals surface area contributed by atoms with Crippen LogP contribution in [0.2, 0.25) is 5.02 Å². The molecule has 1 atom stereocenters. The number of rotatable bonds is 3. The molecule has 0 spiro atoms. The molecule has 0 amide bonds. The van der Waals surface area contributed by atoms with Crippen molar-refractivity contribution in [3.05, 3.63) is 131 Å². The van der Waals surface area contributed by atoms with Gasteiger partial charge in [-0.3, -0.25) is 18.7 Å². The van der Waals surface area contributed by atoms with Crippen LogP contribution in [-0.4, -0.2) is 20.9 Å². The number of esters is 1. The largest absolute Gasteiger partial charge is 0.422 e. The number of ketones is 1. The van der Waals surface area contributed by atoms with Gasteiger partial charge in [-0.1, -0.05) is 66.2 Å². The van der Waals surface area contributed by atoms with Crippen LogP contribution in [0.1, 0.15) is 42.6 Å². The topological polar surface area (TPSA) is 99.4 Å². The highest BCUT2D eigenvalue weighted by molar-refractivity contribution is 7.21. The van der Waals surface area contributed by atoms with E-state index in [0.29, 0.717) is 43.7 Å². The number of carbonyl (C=O) groups excluding carboxylic acids is 2. The number of anilines is 1. The lowest BCUT2D eigenvalue weighted by Crippen LogP contribution is -2.42. The van der Waals surface area contributed by atoms with Crippen molar-refractivity contribution in [2.24, 2.45) is 14.1 Å². The van der Waals surface area contributed by atoms with Crippen LogP contribution in [0, 0.1) is 0 Å². The van der Waals surface area contributed by atoms with Crippen LogP contribution < -0.4 is 21.3 Å². The molecule has 0 bridgehead atoms. The van der Waals surface area contributed by atoms with Gasteiger partial charge in [0.25, 0.3) is 5.56 Å². The minimum atomic E-state index is -0.756. The van der Waals surface area contributed by atoms with Gasteiger partial charge in [0.1, 0.15) is 16.4 Å². The summed E-state index contributed by atoms with van der Waals surface area (Å²) in [6.45, 7) is 0. The Kier molecular flexibility index (Phi) is 5.64. The van der Waals surface area contributed by atoms with Crippen LogP contribution >= 0.6 is 22.9 Å². The number of halogens is 1. The van der Waals surface area contributed by atoms with Gasteiger partial charge in [0.05, 0.1) is 16.3 Å². The van der Waals surface area contributed by atoms with Gasteiger partial charge in [-0.25, -0.2) is 9.59 Å². The summed E-state index contributed by atoms with van der Waals surface area (Å²) in [4.78, 5) is 53.3. The molecule has 3 heterocycles. The molecule has 2 aromatic heterocycles. The van der Waals surface area contributed by atoms with Gasteiger partial charge in [-0.15, -0.1) is 11.3 Å². The van der Waals surface area contributed by atoms with E-state index in [4.69, 9.17) is 16.3 Å². The molecule has 8 nitrogen and oxygen atoms in total. The second-order valence-electron chi connectivity index (χ2n) is 9.89. The Bertz CT molecular complexity index is 2120. The minimum Gasteiger partial charge on any atom is -0.422 e. The molecular formula is C31H20ClN3O5S. The normalized spacial score (nSPS) is 15.4. The van der Waals surface area contributed by atoms with E-state index in [-0.39, 0.29) is 17.1 Å². The van der Waals surface area contributed by atoms with Crippen molar-refractivity contribution in [3.63, 3.8) is 0 Å². The zero-order valence-corrected chi connectivity index (χ0v) is 23.3. The highest BCUT2D eigenvalue weighted by Crippen LogP contribution is 2.48. The summed E-state index contributed by atoms with van der Waals surface area (Å²) in [5.41, 5.74) is 2.18. The molecule has 41 heavy (non-hydrogen) atoms. The summed E-state index contributed by atoms with van der Waals surface area (Å²) in [5.74, 6) is -0.907. The first-order valence-corrected chi connectivity index (χ1v) is 13.9. The minimum absolute atomic E-state index is 0.190. The summed E-state index contributed by atoms with van der Waals surface area (Å²) < 4.78 is 8.94. The summed E-state index contributed by atoms with van der Waals surface area (Å²) in [5, 5.41) is 4.35. The number of hydrogen-bond acceptors (Lipinski definition) is 7. The number of nitrogens with zero attached hydrogens (tertiary/aromatic N) is 2. The smallest absolute Gasteiger partial charge is 0.355 e. The molecule has 2 aliphatic rings. The molecular weight excluding hydrogens is 562 g/mol. The molecule has 0 unspecified atom stereocenters. The fraction of sp³-hybridized carbons (Fsp3) is 0.0968. The van der Waals surface area contributed by atoms with E-state index in [1.165, 1.54) is 23.0 Å². The summed E-state index contributed by atoms with van der Waals surface area (Å²) >= 11 is 7.72. The van der Waals surface area contributed by atoms with E-state index in [0.717, 1.165) is 14.7 Å². The molecule has 3 aromatic carbocycles. The van der Waals surface area contributed by atoms with Crippen LogP contribution in [0.25, 0.3) is 15.8 Å². The number of hydrogen-bond donors (Lipinski definition) is 1. The molecule has 5 aromatic rings. The van der Waals surface area contributed by atoms with Crippen LogP contribution in [0.4, 0.5) is 5.82 Å². The van der Waals surface area contributed by atoms with Gasteiger partial charge in [0.15, 0.2) is 5.78 Å². The Morgan fingerprint density at radius 2 is 1.59 bits per heavy atom. The van der Waals surface area contributed by atoms with Gasteiger partial charge in [0, 0.05) is 46.8 Å². The number of aromatic nitrogens is 2. The number of fused-ring (bicyclic) bond motifs is 4. The van der Waals surface area contributed by atoms with E-state index in [1.54, 1.807) is 43.4 Å². The molecule has 1 aliphatic heterocycles. The SMILES string of the molecule is Cn1c2c(c(=O)n(C)c1=O)[C@@H](c1ccc(OC(=O)c3sc4ccccc4c3Cl)cc1)C1=C(N2)c2ccccc2C1=O. The molecule has 1 N–H and O–H groups in total. The van der Waals surface area contributed by atoms with Crippen molar-refractivity contribution in [1.82, 2.24) is 9.13 Å². The summed E-state index contributed by atoms with van der Waals surface area (Å²) in [6.07, 6.45) is 0. The molecule has 10 heteroatoms. The predicted octanol–water partition coefficient (Wildman–Crippen LogP) is 5.34. The van der Waals surface area contributed by atoms with Crippen LogP contribution in [0.15, 0.2) is 88.0 Å². The zero-order valence-electron chi connectivity index (χ0n) is 21.7. The number of nitrogens with one attached hydrogen (secondary N) is 1. The zero-order chi connectivity index (χ0) is 28.6. The van der Waals surface area contributed by atoms with Crippen molar-refractivity contribution < 1.29 is 14.3 Å². The van der Waals surface area contributed by atoms with Crippen molar-refractivity contribution in [2.45, 2.75) is 5.92 Å². The van der Waals surface area contributed by atoms with Gasteiger partial charge in [-0.05, 0) is 23.8 Å². The lowest BCUT2D eigenvalue weighted by molar-refractivity contribution is 0.0740. The first kappa shape index (κ1) is 25.3. The third kappa shape index (κ3) is 3.66. The number of ether oxygens (including phenoxy) is 1. The monoisotopic (exact) mass is 581 g/mol. The van der Waals surface area contributed by atoms with Gasteiger partial charge in [-0.2, -0.15) is 0 Å². The molecule has 202 valence electrons. The number of thiophene rings is 1. The Labute approximate surface area is 241 Å². The lowest BCUT2D eigenvalue weighted by atomic mass is 9.81. The van der Waals surface area contributed by atoms with Crippen LogP contribution in [-0.2, 0) is 14.1 Å². The molecule has 0 saturated carbocycles. The third-order valence-corrected chi connectivity index (χ3v) is 9.27. The predicted molar refractivity (Wildman–Crippen MR) is 158 cm³/mol. The van der Waals surface area contributed by atoms with Gasteiger partial charge < -0.3 is 10.1 Å². The van der Waals surface area contributed by atoms with Crippen molar-refractivity contribution >= 4 is 56.3 Å². The summed E-state index contributed by atoms with van der Waals surface area (Å²) in [7, 11) is 3.00. The van der Waals surface area contributed by atoms with Crippen molar-refractivity contribution in [2.75, 3.05) is 5.32 Å². The maximum atomic E-state index is 13.7. The Morgan fingerprint density at radius 1 is 0.902 bits per heavy atom. The second kappa shape index (κ2) is 9.15. The second-order valence-corrected chi connectivity index (χ2v) is 11.3. The number of benzene rings is 3. The Hall–Kier alpha value is -4.73. The molecule has 1 aliphatic carbocycles. The van der Waals surface area contributed by atoms with Gasteiger partial charge >= 0.3 is 11.7 Å². The van der Waals surface area contributed by atoms with E-state index in [9.17, 15) is 19.2 Å². The number of allylic oxidation sites excluding steroid dienone is 1. The van der Waals surface area contributed by atoms with Crippen molar-refractivity contribution in [3.8, 4) is 5.75 Å². The fourth-order valence-corrected chi connectivity index (χ4v) is 7.00. The first-order chi connectivity index (χ1) is 19.8. The summed E-state index contributed by atoms with van der Waals surface area (Å²) in [6, 6.07) is 21.4. The maximum Gasteiger partial charge on any atom is 0.355 e. The number of carbonyl (C=O) groups is 2. The maximum absolute atomic E-state index is 13.7.